The number of nitrogens with zero attached hydrogens (tertiary/aromatic N) is 2. The maximum Gasteiger partial charge on any atom is 0.269 e. The predicted octanol–water partition coefficient (Wildman–Crippen LogP) is 2.43. The summed E-state index contributed by atoms with van der Waals surface area (Å²) >= 11 is 2.21. The number of carbonyl (C=O) groups excluding carboxylic acids is 1. The van der Waals surface area contributed by atoms with Crippen LogP contribution < -0.4 is 0 Å². The summed E-state index contributed by atoms with van der Waals surface area (Å²) in [4.78, 5) is 24.5. The van der Waals surface area contributed by atoms with Gasteiger partial charge >= 0.3 is 0 Å². The minimum Gasteiger partial charge on any atom is -0.365 e. The van der Waals surface area contributed by atoms with Crippen molar-refractivity contribution >= 4 is 34.1 Å². The zero-order chi connectivity index (χ0) is 15.4. The van der Waals surface area contributed by atoms with Crippen molar-refractivity contribution < 1.29 is 14.5 Å². The average molecular weight is 402 g/mol. The number of rotatable bonds is 5. The number of hydrogen-bond donors (Lipinski definition) is 0. The van der Waals surface area contributed by atoms with E-state index in [2.05, 4.69) is 34.1 Å². The summed E-state index contributed by atoms with van der Waals surface area (Å²) < 4.78 is 5.56. The van der Waals surface area contributed by atoms with Crippen LogP contribution in [0.3, 0.4) is 0 Å². The fraction of sp³-hybridized carbons (Fsp3) is 0.357. The second-order valence-corrected chi connectivity index (χ2v) is 6.14. The molecule has 1 heterocycles. The highest BCUT2D eigenvalue weighted by molar-refractivity contribution is 14.1. The Balaban J connectivity index is 1.98. The molecule has 1 aliphatic heterocycles. The maximum absolute atomic E-state index is 12.3. The van der Waals surface area contributed by atoms with Crippen molar-refractivity contribution in [3.05, 3.63) is 52.1 Å². The molecule has 0 N–H and O–H groups in total. The van der Waals surface area contributed by atoms with E-state index in [4.69, 9.17) is 4.74 Å². The molecule has 1 saturated heterocycles. The van der Waals surface area contributed by atoms with Crippen LogP contribution in [0.5, 0.6) is 0 Å². The number of benzene rings is 1. The van der Waals surface area contributed by atoms with Crippen LogP contribution in [-0.4, -0.2) is 46.0 Å². The summed E-state index contributed by atoms with van der Waals surface area (Å²) in [5.74, 6) is -0.179. The van der Waals surface area contributed by atoms with E-state index in [9.17, 15) is 14.9 Å². The summed E-state index contributed by atoms with van der Waals surface area (Å²) in [6, 6.07) is 5.59. The molecule has 1 unspecified atom stereocenters. The number of alkyl halides is 1. The van der Waals surface area contributed by atoms with Gasteiger partial charge in [0.2, 0.25) is 0 Å². The molecule has 0 saturated carbocycles. The van der Waals surface area contributed by atoms with Gasteiger partial charge < -0.3 is 4.74 Å². The fourth-order valence-electron chi connectivity index (χ4n) is 2.08. The summed E-state index contributed by atoms with van der Waals surface area (Å²) in [7, 11) is 0. The molecule has 21 heavy (non-hydrogen) atoms. The lowest BCUT2D eigenvalue weighted by molar-refractivity contribution is -0.384. The molecular formula is C14H15IN2O4. The number of non-ortho nitro benzene ring substituents is 1. The highest BCUT2D eigenvalue weighted by Crippen LogP contribution is 2.17. The summed E-state index contributed by atoms with van der Waals surface area (Å²) in [5.41, 5.74) is 0.873. The van der Waals surface area contributed by atoms with E-state index in [1.807, 2.05) is 0 Å². The van der Waals surface area contributed by atoms with E-state index in [0.29, 0.717) is 24.3 Å². The molecule has 112 valence electrons. The van der Waals surface area contributed by atoms with Crippen molar-refractivity contribution in [3.63, 3.8) is 0 Å². The fourth-order valence-corrected chi connectivity index (χ4v) is 2.89. The molecule has 0 radical (unpaired) electrons. The molecule has 2 rings (SSSR count). The van der Waals surface area contributed by atoms with Gasteiger partial charge in [0.25, 0.3) is 5.69 Å². The smallest absolute Gasteiger partial charge is 0.269 e. The van der Waals surface area contributed by atoms with Gasteiger partial charge in [-0.1, -0.05) is 6.58 Å². The van der Waals surface area contributed by atoms with Crippen molar-refractivity contribution in [1.29, 1.82) is 0 Å². The van der Waals surface area contributed by atoms with Crippen molar-refractivity contribution in [2.75, 3.05) is 26.2 Å². The van der Waals surface area contributed by atoms with Crippen LogP contribution in [-0.2, 0) is 4.74 Å². The summed E-state index contributed by atoms with van der Waals surface area (Å²) in [6.07, 6.45) is 0. The lowest BCUT2D eigenvalue weighted by Gasteiger charge is -2.30. The number of nitro groups is 1. The Bertz CT molecular complexity index is 559. The Morgan fingerprint density at radius 2 is 2.14 bits per heavy atom. The van der Waals surface area contributed by atoms with E-state index in [-0.39, 0.29) is 15.6 Å². The third-order valence-corrected chi connectivity index (χ3v) is 3.94. The molecule has 1 fully saturated rings. The van der Waals surface area contributed by atoms with Crippen LogP contribution >= 0.6 is 22.6 Å². The maximum atomic E-state index is 12.3. The van der Waals surface area contributed by atoms with Gasteiger partial charge in [-0.15, -0.1) is 0 Å². The number of nitro benzene ring substituents is 1. The number of Topliss-reactive ketones (excluding diaryl/α,β-unsaturated/α-hetero) is 1. The SMILES string of the molecule is C=C(CN1CCOC(I)C1)C(=O)c1ccc([N+](=O)[O-])cc1. The molecule has 0 spiro atoms. The minimum atomic E-state index is -0.489. The van der Waals surface area contributed by atoms with Crippen LogP contribution in [0, 0.1) is 10.1 Å². The molecule has 7 heteroatoms. The molecular weight excluding hydrogens is 387 g/mol. The van der Waals surface area contributed by atoms with Crippen LogP contribution in [0.2, 0.25) is 0 Å². The lowest BCUT2D eigenvalue weighted by Crippen LogP contribution is -2.41. The van der Waals surface area contributed by atoms with Gasteiger partial charge in [-0.2, -0.15) is 0 Å². The molecule has 1 aromatic rings. The third-order valence-electron chi connectivity index (χ3n) is 3.18. The normalized spacial score (nSPS) is 19.2. The molecule has 1 aliphatic rings. The van der Waals surface area contributed by atoms with Gasteiger partial charge in [-0.3, -0.25) is 19.8 Å². The lowest BCUT2D eigenvalue weighted by atomic mass is 10.0. The second kappa shape index (κ2) is 7.10. The quantitative estimate of drug-likeness (QED) is 0.189. The highest BCUT2D eigenvalue weighted by atomic mass is 127. The van der Waals surface area contributed by atoms with Crippen molar-refractivity contribution in [1.82, 2.24) is 4.90 Å². The van der Waals surface area contributed by atoms with Crippen molar-refractivity contribution in [2.45, 2.75) is 4.11 Å². The Kier molecular flexibility index (Phi) is 5.43. The monoisotopic (exact) mass is 402 g/mol. The molecule has 0 aromatic heterocycles. The molecule has 6 nitrogen and oxygen atoms in total. The van der Waals surface area contributed by atoms with Crippen LogP contribution in [0.25, 0.3) is 0 Å². The zero-order valence-electron chi connectivity index (χ0n) is 11.3. The van der Waals surface area contributed by atoms with Crippen molar-refractivity contribution in [3.8, 4) is 0 Å². The third kappa shape index (κ3) is 4.32. The van der Waals surface area contributed by atoms with Gasteiger partial charge in [0, 0.05) is 42.9 Å². The van der Waals surface area contributed by atoms with E-state index >= 15 is 0 Å². The van der Waals surface area contributed by atoms with Crippen molar-refractivity contribution in [2.24, 2.45) is 0 Å². The minimum absolute atomic E-state index is 0.0295. The first-order valence-corrected chi connectivity index (χ1v) is 7.67. The van der Waals surface area contributed by atoms with E-state index in [1.54, 1.807) is 0 Å². The largest absolute Gasteiger partial charge is 0.365 e. The Morgan fingerprint density at radius 3 is 2.71 bits per heavy atom. The molecule has 0 bridgehead atoms. The number of ketones is 1. The predicted molar refractivity (Wildman–Crippen MR) is 86.8 cm³/mol. The molecule has 1 atom stereocenters. The van der Waals surface area contributed by atoms with E-state index in [1.165, 1.54) is 24.3 Å². The highest BCUT2D eigenvalue weighted by Gasteiger charge is 2.20. The van der Waals surface area contributed by atoms with E-state index in [0.717, 1.165) is 13.1 Å². The van der Waals surface area contributed by atoms with Gasteiger partial charge in [0.05, 0.1) is 11.5 Å². The molecule has 0 aliphatic carbocycles. The second-order valence-electron chi connectivity index (χ2n) is 4.75. The Morgan fingerprint density at radius 1 is 1.48 bits per heavy atom. The summed E-state index contributed by atoms with van der Waals surface area (Å²) in [6.45, 7) is 6.50. The Labute approximate surface area is 136 Å². The van der Waals surface area contributed by atoms with Crippen LogP contribution in [0.15, 0.2) is 36.4 Å². The van der Waals surface area contributed by atoms with Gasteiger partial charge in [-0.05, 0) is 34.7 Å². The van der Waals surface area contributed by atoms with Gasteiger partial charge in [0.1, 0.15) is 4.11 Å². The topological polar surface area (TPSA) is 72.7 Å². The summed E-state index contributed by atoms with van der Waals surface area (Å²) in [5, 5.41) is 10.6. The van der Waals surface area contributed by atoms with E-state index < -0.39 is 4.92 Å². The van der Waals surface area contributed by atoms with Crippen LogP contribution in [0.1, 0.15) is 10.4 Å². The van der Waals surface area contributed by atoms with Gasteiger partial charge in [0.15, 0.2) is 5.78 Å². The van der Waals surface area contributed by atoms with Gasteiger partial charge in [-0.25, -0.2) is 0 Å². The first-order valence-electron chi connectivity index (χ1n) is 6.42. The average Bonchev–Trinajstić information content (AvgIpc) is 2.46. The number of carbonyl (C=O) groups is 1. The zero-order valence-corrected chi connectivity index (χ0v) is 13.5. The molecule has 0 amide bonds. The number of halogens is 1. The first kappa shape index (κ1) is 16.1. The molecule has 1 aromatic carbocycles. The number of morpholine rings is 1. The Hall–Kier alpha value is -1.32. The van der Waals surface area contributed by atoms with Crippen LogP contribution in [0.4, 0.5) is 5.69 Å². The number of ether oxygens (including phenoxy) is 1. The first-order chi connectivity index (χ1) is 9.97. The number of hydrogen-bond acceptors (Lipinski definition) is 5. The standard InChI is InChI=1S/C14H15IN2O4/c1-10(8-16-6-7-21-13(15)9-16)14(18)11-2-4-12(5-3-11)17(19)20/h2-5,13H,1,6-9H2.